The first-order chi connectivity index (χ1) is 12.8. The summed E-state index contributed by atoms with van der Waals surface area (Å²) in [5, 5.41) is 3.46. The normalized spacial score (nSPS) is 17.8. The Bertz CT molecular complexity index is 720. The summed E-state index contributed by atoms with van der Waals surface area (Å²) in [6.07, 6.45) is 2.67. The van der Waals surface area contributed by atoms with Gasteiger partial charge in [0.25, 0.3) is 0 Å². The smallest absolute Gasteiger partial charge is 0.161 e. The van der Waals surface area contributed by atoms with Crippen LogP contribution in [-0.2, 0) is 6.61 Å². The van der Waals surface area contributed by atoms with Crippen LogP contribution in [0.1, 0.15) is 30.0 Å². The molecule has 1 aliphatic carbocycles. The minimum Gasteiger partial charge on any atom is -0.493 e. The fourth-order valence-electron chi connectivity index (χ4n) is 3.88. The van der Waals surface area contributed by atoms with Crippen LogP contribution in [0.3, 0.4) is 0 Å². The Kier molecular flexibility index (Phi) is 8.90. The molecule has 0 amide bonds. The zero-order chi connectivity index (χ0) is 17.8. The Labute approximate surface area is 180 Å². The van der Waals surface area contributed by atoms with E-state index in [1.165, 1.54) is 18.4 Å². The summed E-state index contributed by atoms with van der Waals surface area (Å²) in [5.41, 5.74) is 2.52. The summed E-state index contributed by atoms with van der Waals surface area (Å²) >= 11 is 0. The fraction of sp³-hybridized carbons (Fsp3) is 0.455. The van der Waals surface area contributed by atoms with Crippen LogP contribution in [0, 0.1) is 5.92 Å². The van der Waals surface area contributed by atoms with Gasteiger partial charge in [-0.1, -0.05) is 36.4 Å². The lowest BCUT2D eigenvalue weighted by atomic mass is 9.99. The molecule has 1 heterocycles. The standard InChI is InChI=1S/C22H28N2O2.2ClH/c1-25-21-15-19(22(18-7-8-18)24-13-11-23-12-14-24)9-10-20(21)26-16-17-5-3-2-4-6-17;;/h2-6,9-10,15,18,22-23H,7-8,11-14,16H2,1H3;2*1H/t22-;;/m0../s1. The number of methoxy groups -OCH3 is 1. The second kappa shape index (κ2) is 10.9. The number of halogens is 2. The Balaban J connectivity index is 0.00000140. The number of hydrogen-bond donors (Lipinski definition) is 1. The quantitative estimate of drug-likeness (QED) is 0.710. The van der Waals surface area contributed by atoms with Crippen molar-refractivity contribution in [2.45, 2.75) is 25.5 Å². The molecule has 6 heteroatoms. The van der Waals surface area contributed by atoms with Gasteiger partial charge in [-0.25, -0.2) is 0 Å². The fourth-order valence-corrected chi connectivity index (χ4v) is 3.88. The van der Waals surface area contributed by atoms with E-state index in [2.05, 4.69) is 40.5 Å². The van der Waals surface area contributed by atoms with Crippen LogP contribution in [0.5, 0.6) is 11.5 Å². The highest BCUT2D eigenvalue weighted by Crippen LogP contribution is 2.46. The highest BCUT2D eigenvalue weighted by Gasteiger charge is 2.37. The van der Waals surface area contributed by atoms with Gasteiger partial charge >= 0.3 is 0 Å². The van der Waals surface area contributed by atoms with Crippen molar-refractivity contribution in [3.8, 4) is 11.5 Å². The van der Waals surface area contributed by atoms with E-state index in [0.717, 1.165) is 49.2 Å². The van der Waals surface area contributed by atoms with Crippen molar-refractivity contribution in [1.29, 1.82) is 0 Å². The number of benzene rings is 2. The van der Waals surface area contributed by atoms with E-state index in [1.54, 1.807) is 7.11 Å². The number of ether oxygens (including phenoxy) is 2. The molecule has 2 aliphatic rings. The SMILES string of the molecule is COc1cc([C@H](C2CC2)N2CCNCC2)ccc1OCc1ccccc1.Cl.Cl. The van der Waals surface area contributed by atoms with Crippen molar-refractivity contribution < 1.29 is 9.47 Å². The van der Waals surface area contributed by atoms with Gasteiger partial charge in [-0.05, 0) is 42.0 Å². The van der Waals surface area contributed by atoms with Crippen LogP contribution in [-0.4, -0.2) is 38.2 Å². The summed E-state index contributed by atoms with van der Waals surface area (Å²) in [5.74, 6) is 2.43. The van der Waals surface area contributed by atoms with Gasteiger partial charge in [0.2, 0.25) is 0 Å². The molecule has 1 atom stereocenters. The van der Waals surface area contributed by atoms with E-state index in [4.69, 9.17) is 9.47 Å². The average Bonchev–Trinajstić information content (AvgIpc) is 3.53. The predicted molar refractivity (Wildman–Crippen MR) is 118 cm³/mol. The molecule has 1 saturated heterocycles. The molecule has 0 aromatic heterocycles. The van der Waals surface area contributed by atoms with E-state index < -0.39 is 0 Å². The van der Waals surface area contributed by atoms with Gasteiger partial charge in [-0.3, -0.25) is 4.90 Å². The Morgan fingerprint density at radius 2 is 1.71 bits per heavy atom. The topological polar surface area (TPSA) is 33.7 Å². The van der Waals surface area contributed by atoms with E-state index in [9.17, 15) is 0 Å². The van der Waals surface area contributed by atoms with Crippen LogP contribution >= 0.6 is 24.8 Å². The number of piperazine rings is 1. The predicted octanol–water partition coefficient (Wildman–Crippen LogP) is 4.47. The second-order valence-electron chi connectivity index (χ2n) is 7.25. The Hall–Kier alpha value is -1.46. The minimum absolute atomic E-state index is 0. The molecule has 0 radical (unpaired) electrons. The number of nitrogens with zero attached hydrogens (tertiary/aromatic N) is 1. The Morgan fingerprint density at radius 3 is 2.36 bits per heavy atom. The van der Waals surface area contributed by atoms with Crippen LogP contribution in [0.25, 0.3) is 0 Å². The lowest BCUT2D eigenvalue weighted by molar-refractivity contribution is 0.156. The van der Waals surface area contributed by atoms with Crippen LogP contribution in [0.15, 0.2) is 48.5 Å². The number of hydrogen-bond acceptors (Lipinski definition) is 4. The molecular formula is C22H30Cl2N2O2. The lowest BCUT2D eigenvalue weighted by Crippen LogP contribution is -2.45. The lowest BCUT2D eigenvalue weighted by Gasteiger charge is -2.35. The molecule has 1 saturated carbocycles. The summed E-state index contributed by atoms with van der Waals surface area (Å²) < 4.78 is 11.7. The molecule has 1 N–H and O–H groups in total. The van der Waals surface area contributed by atoms with Crippen molar-refractivity contribution >= 4 is 24.8 Å². The summed E-state index contributed by atoms with van der Waals surface area (Å²) in [4.78, 5) is 2.63. The van der Waals surface area contributed by atoms with Crippen molar-refractivity contribution in [2.24, 2.45) is 5.92 Å². The molecule has 0 bridgehead atoms. The largest absolute Gasteiger partial charge is 0.493 e. The molecule has 0 spiro atoms. The molecule has 4 rings (SSSR count). The highest BCUT2D eigenvalue weighted by molar-refractivity contribution is 5.85. The van der Waals surface area contributed by atoms with Crippen molar-refractivity contribution in [3.63, 3.8) is 0 Å². The molecule has 28 heavy (non-hydrogen) atoms. The summed E-state index contributed by atoms with van der Waals surface area (Å²) in [6, 6.07) is 17.2. The van der Waals surface area contributed by atoms with Gasteiger partial charge in [0.05, 0.1) is 7.11 Å². The summed E-state index contributed by atoms with van der Waals surface area (Å²) in [7, 11) is 1.73. The maximum atomic E-state index is 6.02. The third-order valence-electron chi connectivity index (χ3n) is 5.38. The average molecular weight is 425 g/mol. The molecule has 2 aromatic rings. The maximum absolute atomic E-state index is 6.02. The first-order valence-electron chi connectivity index (χ1n) is 9.64. The number of nitrogens with one attached hydrogen (secondary N) is 1. The monoisotopic (exact) mass is 424 g/mol. The Morgan fingerprint density at radius 1 is 1.00 bits per heavy atom. The van der Waals surface area contributed by atoms with E-state index >= 15 is 0 Å². The van der Waals surface area contributed by atoms with E-state index in [0.29, 0.717) is 12.6 Å². The summed E-state index contributed by atoms with van der Waals surface area (Å²) in [6.45, 7) is 4.96. The molecule has 2 aromatic carbocycles. The first kappa shape index (κ1) is 22.8. The van der Waals surface area contributed by atoms with Crippen molar-refractivity contribution in [3.05, 3.63) is 59.7 Å². The molecule has 154 valence electrons. The zero-order valence-corrected chi connectivity index (χ0v) is 17.9. The van der Waals surface area contributed by atoms with Crippen LogP contribution in [0.4, 0.5) is 0 Å². The van der Waals surface area contributed by atoms with E-state index in [-0.39, 0.29) is 24.8 Å². The molecular weight excluding hydrogens is 395 g/mol. The van der Waals surface area contributed by atoms with Gasteiger partial charge in [0.15, 0.2) is 11.5 Å². The molecule has 1 aliphatic heterocycles. The molecule has 0 unspecified atom stereocenters. The highest BCUT2D eigenvalue weighted by atomic mass is 35.5. The second-order valence-corrected chi connectivity index (χ2v) is 7.25. The zero-order valence-electron chi connectivity index (χ0n) is 16.3. The van der Waals surface area contributed by atoms with Crippen LogP contribution < -0.4 is 14.8 Å². The molecule has 2 fully saturated rings. The van der Waals surface area contributed by atoms with Gasteiger partial charge in [-0.2, -0.15) is 0 Å². The third-order valence-corrected chi connectivity index (χ3v) is 5.38. The van der Waals surface area contributed by atoms with Crippen molar-refractivity contribution in [1.82, 2.24) is 10.2 Å². The van der Waals surface area contributed by atoms with Gasteiger partial charge < -0.3 is 14.8 Å². The number of rotatable bonds is 7. The minimum atomic E-state index is 0. The maximum Gasteiger partial charge on any atom is 0.161 e. The third kappa shape index (κ3) is 5.54. The van der Waals surface area contributed by atoms with Crippen molar-refractivity contribution in [2.75, 3.05) is 33.3 Å². The van der Waals surface area contributed by atoms with Crippen LogP contribution in [0.2, 0.25) is 0 Å². The van der Waals surface area contributed by atoms with E-state index in [1.807, 2.05) is 18.2 Å². The first-order valence-corrected chi connectivity index (χ1v) is 9.64. The van der Waals surface area contributed by atoms with Gasteiger partial charge in [-0.15, -0.1) is 24.8 Å². The van der Waals surface area contributed by atoms with Gasteiger partial charge in [0, 0.05) is 32.2 Å². The molecule has 4 nitrogen and oxygen atoms in total. The van der Waals surface area contributed by atoms with Gasteiger partial charge in [0.1, 0.15) is 6.61 Å².